The van der Waals surface area contributed by atoms with Crippen LogP contribution in [0.5, 0.6) is 0 Å². The first-order chi connectivity index (χ1) is 6.90. The summed E-state index contributed by atoms with van der Waals surface area (Å²) in [5.74, 6) is 0. The van der Waals surface area contributed by atoms with Crippen LogP contribution in [0.15, 0.2) is 12.1 Å². The maximum absolute atomic E-state index is 12.4. The molecule has 1 aromatic rings. The van der Waals surface area contributed by atoms with E-state index in [-0.39, 0.29) is 11.6 Å². The summed E-state index contributed by atoms with van der Waals surface area (Å²) < 4.78 is 37.2. The third-order valence-electron chi connectivity index (χ3n) is 1.83. The predicted octanol–water partition coefficient (Wildman–Crippen LogP) is 2.69. The summed E-state index contributed by atoms with van der Waals surface area (Å²) in [5, 5.41) is 8.48. The van der Waals surface area contributed by atoms with Crippen molar-refractivity contribution in [1.82, 2.24) is 0 Å². The van der Waals surface area contributed by atoms with Crippen molar-refractivity contribution < 1.29 is 13.2 Å². The van der Waals surface area contributed by atoms with Gasteiger partial charge in [0.1, 0.15) is 0 Å². The minimum absolute atomic E-state index is 0.00828. The van der Waals surface area contributed by atoms with Gasteiger partial charge in [0.25, 0.3) is 0 Å². The number of benzene rings is 1. The third-order valence-corrected chi connectivity index (χ3v) is 2.18. The van der Waals surface area contributed by atoms with Crippen molar-refractivity contribution >= 4 is 11.6 Å². The largest absolute Gasteiger partial charge is 0.417 e. The first kappa shape index (κ1) is 11.8. The monoisotopic (exact) mass is 234 g/mol. The molecule has 2 nitrogen and oxygen atoms in total. The molecule has 80 valence electrons. The van der Waals surface area contributed by atoms with Crippen molar-refractivity contribution in [2.45, 2.75) is 12.7 Å². The van der Waals surface area contributed by atoms with E-state index in [2.05, 4.69) is 0 Å². The number of halogens is 4. The van der Waals surface area contributed by atoms with Gasteiger partial charge < -0.3 is 5.73 Å². The highest BCUT2D eigenvalue weighted by Crippen LogP contribution is 2.34. The Bertz CT molecular complexity index is 421. The van der Waals surface area contributed by atoms with E-state index in [0.29, 0.717) is 5.56 Å². The Hall–Kier alpha value is -1.25. The molecule has 0 aromatic heterocycles. The van der Waals surface area contributed by atoms with E-state index in [1.54, 1.807) is 0 Å². The lowest BCUT2D eigenvalue weighted by Gasteiger charge is -2.11. The van der Waals surface area contributed by atoms with Gasteiger partial charge in [-0.25, -0.2) is 0 Å². The Labute approximate surface area is 89.1 Å². The summed E-state index contributed by atoms with van der Waals surface area (Å²) in [7, 11) is 0. The number of hydrogen-bond acceptors (Lipinski definition) is 2. The van der Waals surface area contributed by atoms with Gasteiger partial charge in [0, 0.05) is 11.6 Å². The van der Waals surface area contributed by atoms with Gasteiger partial charge in [0.15, 0.2) is 0 Å². The van der Waals surface area contributed by atoms with Crippen molar-refractivity contribution in [2.24, 2.45) is 5.73 Å². The molecule has 0 amide bonds. The molecule has 1 rings (SSSR count). The molecule has 0 aliphatic heterocycles. The standard InChI is InChI=1S/C9H6ClF3N2/c10-8-2-7(9(11,12)13)5(3-14)1-6(8)4-15/h1-2H,4,15H2. The molecule has 0 radical (unpaired) electrons. The maximum Gasteiger partial charge on any atom is 0.417 e. The van der Waals surface area contributed by atoms with Crippen LogP contribution >= 0.6 is 11.6 Å². The molecule has 0 bridgehead atoms. The quantitative estimate of drug-likeness (QED) is 0.812. The van der Waals surface area contributed by atoms with Crippen LogP contribution in [0, 0.1) is 11.3 Å². The number of nitrogens with two attached hydrogens (primary N) is 1. The molecule has 0 atom stereocenters. The highest BCUT2D eigenvalue weighted by Gasteiger charge is 2.34. The van der Waals surface area contributed by atoms with Crippen molar-refractivity contribution in [3.63, 3.8) is 0 Å². The van der Waals surface area contributed by atoms with Crippen LogP contribution in [-0.4, -0.2) is 0 Å². The minimum atomic E-state index is -4.58. The molecule has 6 heteroatoms. The van der Waals surface area contributed by atoms with E-state index < -0.39 is 17.3 Å². The summed E-state index contributed by atoms with van der Waals surface area (Å²) in [6, 6.07) is 3.26. The van der Waals surface area contributed by atoms with Gasteiger partial charge in [-0.3, -0.25) is 0 Å². The van der Waals surface area contributed by atoms with E-state index in [0.717, 1.165) is 12.1 Å². The first-order valence-electron chi connectivity index (χ1n) is 3.90. The zero-order valence-corrected chi connectivity index (χ0v) is 8.15. The molecule has 0 saturated carbocycles. The Morgan fingerprint density at radius 2 is 2.00 bits per heavy atom. The fraction of sp³-hybridized carbons (Fsp3) is 0.222. The smallest absolute Gasteiger partial charge is 0.326 e. The molecule has 0 unspecified atom stereocenters. The lowest BCUT2D eigenvalue weighted by atomic mass is 10.0. The minimum Gasteiger partial charge on any atom is -0.326 e. The van der Waals surface area contributed by atoms with Gasteiger partial charge >= 0.3 is 6.18 Å². The third kappa shape index (κ3) is 2.41. The molecular formula is C9H6ClF3N2. The Morgan fingerprint density at radius 3 is 2.40 bits per heavy atom. The molecule has 0 heterocycles. The van der Waals surface area contributed by atoms with Crippen molar-refractivity contribution in [3.8, 4) is 6.07 Å². The summed E-state index contributed by atoms with van der Waals surface area (Å²) in [4.78, 5) is 0. The van der Waals surface area contributed by atoms with Crippen molar-refractivity contribution in [1.29, 1.82) is 5.26 Å². The zero-order valence-electron chi connectivity index (χ0n) is 7.40. The lowest BCUT2D eigenvalue weighted by Crippen LogP contribution is -2.09. The van der Waals surface area contributed by atoms with Gasteiger partial charge in [-0.2, -0.15) is 18.4 Å². The summed E-state index contributed by atoms with van der Waals surface area (Å²) in [6.07, 6.45) is -4.58. The lowest BCUT2D eigenvalue weighted by molar-refractivity contribution is -0.137. The zero-order chi connectivity index (χ0) is 11.6. The summed E-state index contributed by atoms with van der Waals surface area (Å²) in [5.41, 5.74) is 4.08. The molecule has 0 aliphatic carbocycles. The van der Waals surface area contributed by atoms with Gasteiger partial charge in [-0.15, -0.1) is 0 Å². The summed E-state index contributed by atoms with van der Waals surface area (Å²) >= 11 is 5.58. The second-order valence-corrected chi connectivity index (χ2v) is 3.21. The number of nitriles is 1. The molecule has 0 saturated heterocycles. The number of hydrogen-bond donors (Lipinski definition) is 1. The van der Waals surface area contributed by atoms with Crippen LogP contribution in [0.4, 0.5) is 13.2 Å². The second kappa shape index (κ2) is 4.09. The topological polar surface area (TPSA) is 49.8 Å². The predicted molar refractivity (Wildman–Crippen MR) is 49.1 cm³/mol. The van der Waals surface area contributed by atoms with E-state index in [4.69, 9.17) is 22.6 Å². The van der Waals surface area contributed by atoms with E-state index in [9.17, 15) is 13.2 Å². The highest BCUT2D eigenvalue weighted by atomic mass is 35.5. The van der Waals surface area contributed by atoms with E-state index in [1.807, 2.05) is 0 Å². The Morgan fingerprint density at radius 1 is 1.40 bits per heavy atom. The van der Waals surface area contributed by atoms with Crippen LogP contribution in [0.25, 0.3) is 0 Å². The summed E-state index contributed by atoms with van der Waals surface area (Å²) in [6.45, 7) is -0.00828. The van der Waals surface area contributed by atoms with Gasteiger partial charge in [-0.05, 0) is 17.7 Å². The average molecular weight is 235 g/mol. The molecule has 15 heavy (non-hydrogen) atoms. The van der Waals surface area contributed by atoms with Gasteiger partial charge in [-0.1, -0.05) is 11.6 Å². The fourth-order valence-electron chi connectivity index (χ4n) is 1.10. The van der Waals surface area contributed by atoms with E-state index >= 15 is 0 Å². The molecular weight excluding hydrogens is 229 g/mol. The first-order valence-corrected chi connectivity index (χ1v) is 4.27. The molecule has 0 spiro atoms. The molecule has 1 aromatic carbocycles. The highest BCUT2D eigenvalue weighted by molar-refractivity contribution is 6.31. The van der Waals surface area contributed by atoms with E-state index in [1.165, 1.54) is 6.07 Å². The average Bonchev–Trinajstić information content (AvgIpc) is 2.16. The Balaban J connectivity index is 3.43. The van der Waals surface area contributed by atoms with Crippen LogP contribution in [-0.2, 0) is 12.7 Å². The normalized spacial score (nSPS) is 11.2. The van der Waals surface area contributed by atoms with Gasteiger partial charge in [0.2, 0.25) is 0 Å². The van der Waals surface area contributed by atoms with Crippen LogP contribution in [0.3, 0.4) is 0 Å². The van der Waals surface area contributed by atoms with Crippen LogP contribution < -0.4 is 5.73 Å². The van der Waals surface area contributed by atoms with Crippen molar-refractivity contribution in [3.05, 3.63) is 33.8 Å². The number of alkyl halides is 3. The molecule has 0 fully saturated rings. The van der Waals surface area contributed by atoms with Crippen LogP contribution in [0.2, 0.25) is 5.02 Å². The Kier molecular flexibility index (Phi) is 3.22. The van der Waals surface area contributed by atoms with Crippen molar-refractivity contribution in [2.75, 3.05) is 0 Å². The SMILES string of the molecule is N#Cc1cc(CN)c(Cl)cc1C(F)(F)F. The number of rotatable bonds is 1. The van der Waals surface area contributed by atoms with Gasteiger partial charge in [0.05, 0.1) is 17.2 Å². The maximum atomic E-state index is 12.4. The second-order valence-electron chi connectivity index (χ2n) is 2.80. The van der Waals surface area contributed by atoms with Crippen LogP contribution in [0.1, 0.15) is 16.7 Å². The fourth-order valence-corrected chi connectivity index (χ4v) is 1.34. The molecule has 0 aliphatic rings. The molecule has 2 N–H and O–H groups in total. The number of nitrogens with zero attached hydrogens (tertiary/aromatic N) is 1.